The average molecular weight is 447 g/mol. The van der Waals surface area contributed by atoms with Crippen molar-refractivity contribution >= 4 is 23.4 Å². The first-order valence-corrected chi connectivity index (χ1v) is 9.88. The van der Waals surface area contributed by atoms with Crippen molar-refractivity contribution in [2.24, 2.45) is 5.73 Å². The normalized spacial score (nSPS) is 10.2. The average Bonchev–Trinajstić information content (AvgIpc) is 3.17. The third kappa shape index (κ3) is 7.51. The highest BCUT2D eigenvalue weighted by Crippen LogP contribution is 2.26. The van der Waals surface area contributed by atoms with Crippen molar-refractivity contribution in [2.45, 2.75) is 13.0 Å². The molecule has 1 heterocycles. The topological polar surface area (TPSA) is 99.2 Å². The number of ether oxygens (including phenoxy) is 1. The molecule has 0 saturated carbocycles. The third-order valence-electron chi connectivity index (χ3n) is 4.11. The molecular formula is C22H24ClFN4O3. The summed E-state index contributed by atoms with van der Waals surface area (Å²) < 4.78 is 20.7. The molecule has 0 spiro atoms. The number of methoxy groups -OCH3 is 1. The van der Waals surface area contributed by atoms with Gasteiger partial charge in [0.15, 0.2) is 0 Å². The molecule has 2 aromatic carbocycles. The fraction of sp³-hybridized carbons (Fsp3) is 0.227. The summed E-state index contributed by atoms with van der Waals surface area (Å²) in [7, 11) is 1.55. The van der Waals surface area contributed by atoms with Crippen LogP contribution in [0.2, 0.25) is 5.02 Å². The SMILES string of the molecule is COCCn1ncc(C(=O)NCCC(N)=O)c1-c1ccccc1F.Clc1ccccc1. The minimum absolute atomic E-state index is 0.0264. The number of hydrogen-bond acceptors (Lipinski definition) is 4. The Morgan fingerprint density at radius 1 is 1.16 bits per heavy atom. The van der Waals surface area contributed by atoms with Crippen LogP contribution in [-0.4, -0.2) is 41.9 Å². The number of rotatable bonds is 8. The van der Waals surface area contributed by atoms with Crippen LogP contribution in [0.15, 0.2) is 60.8 Å². The predicted octanol–water partition coefficient (Wildman–Crippen LogP) is 3.28. The lowest BCUT2D eigenvalue weighted by Gasteiger charge is -2.11. The van der Waals surface area contributed by atoms with Gasteiger partial charge in [0.1, 0.15) is 5.82 Å². The highest BCUT2D eigenvalue weighted by molar-refractivity contribution is 6.30. The van der Waals surface area contributed by atoms with Gasteiger partial charge >= 0.3 is 0 Å². The number of nitrogens with two attached hydrogens (primary N) is 1. The second-order valence-corrected chi connectivity index (χ2v) is 6.81. The van der Waals surface area contributed by atoms with Gasteiger partial charge in [0.25, 0.3) is 5.91 Å². The van der Waals surface area contributed by atoms with Crippen LogP contribution >= 0.6 is 11.6 Å². The summed E-state index contributed by atoms with van der Waals surface area (Å²) >= 11 is 5.54. The van der Waals surface area contributed by atoms with Gasteiger partial charge in [0, 0.05) is 30.7 Å². The first kappa shape index (κ1) is 24.0. The summed E-state index contributed by atoms with van der Waals surface area (Å²) in [6, 6.07) is 15.6. The minimum atomic E-state index is -0.514. The quantitative estimate of drug-likeness (QED) is 0.554. The van der Waals surface area contributed by atoms with Crippen molar-refractivity contribution in [2.75, 3.05) is 20.3 Å². The molecule has 3 N–H and O–H groups in total. The monoisotopic (exact) mass is 446 g/mol. The summed E-state index contributed by atoms with van der Waals surface area (Å²) in [6.45, 7) is 0.842. The molecule has 31 heavy (non-hydrogen) atoms. The number of nitrogens with zero attached hydrogens (tertiary/aromatic N) is 2. The van der Waals surface area contributed by atoms with E-state index in [1.54, 1.807) is 25.3 Å². The molecule has 0 radical (unpaired) electrons. The number of amides is 2. The number of benzene rings is 2. The molecule has 0 bridgehead atoms. The van der Waals surface area contributed by atoms with E-state index in [1.165, 1.54) is 16.9 Å². The summed E-state index contributed by atoms with van der Waals surface area (Å²) in [6.07, 6.45) is 1.40. The molecule has 0 saturated heterocycles. The number of halogens is 2. The molecule has 2 amide bonds. The van der Waals surface area contributed by atoms with Crippen LogP contribution in [0.4, 0.5) is 4.39 Å². The zero-order valence-electron chi connectivity index (χ0n) is 17.1. The van der Waals surface area contributed by atoms with Gasteiger partial charge < -0.3 is 15.8 Å². The van der Waals surface area contributed by atoms with E-state index in [9.17, 15) is 14.0 Å². The molecule has 1 aromatic heterocycles. The van der Waals surface area contributed by atoms with Gasteiger partial charge in [0.05, 0.1) is 30.6 Å². The van der Waals surface area contributed by atoms with Crippen molar-refractivity contribution in [3.05, 3.63) is 77.2 Å². The van der Waals surface area contributed by atoms with Gasteiger partial charge in [-0.25, -0.2) is 4.39 Å². The van der Waals surface area contributed by atoms with Gasteiger partial charge in [-0.3, -0.25) is 14.3 Å². The molecule has 7 nitrogen and oxygen atoms in total. The Kier molecular flexibility index (Phi) is 9.67. The molecule has 3 aromatic rings. The number of primary amides is 1. The van der Waals surface area contributed by atoms with E-state index in [1.807, 2.05) is 30.3 Å². The Bertz CT molecular complexity index is 995. The van der Waals surface area contributed by atoms with E-state index >= 15 is 0 Å². The van der Waals surface area contributed by atoms with Crippen molar-refractivity contribution in [1.29, 1.82) is 0 Å². The minimum Gasteiger partial charge on any atom is -0.383 e. The van der Waals surface area contributed by atoms with E-state index in [4.69, 9.17) is 22.1 Å². The summed E-state index contributed by atoms with van der Waals surface area (Å²) in [4.78, 5) is 23.1. The highest BCUT2D eigenvalue weighted by atomic mass is 35.5. The second kappa shape index (κ2) is 12.5. The van der Waals surface area contributed by atoms with E-state index in [-0.39, 0.29) is 24.1 Å². The van der Waals surface area contributed by atoms with Gasteiger partial charge in [-0.15, -0.1) is 0 Å². The largest absolute Gasteiger partial charge is 0.383 e. The highest BCUT2D eigenvalue weighted by Gasteiger charge is 2.21. The lowest BCUT2D eigenvalue weighted by atomic mass is 10.1. The summed E-state index contributed by atoms with van der Waals surface area (Å²) in [5, 5.41) is 7.53. The number of carbonyl (C=O) groups is 2. The molecule has 0 aliphatic rings. The fourth-order valence-corrected chi connectivity index (χ4v) is 2.79. The van der Waals surface area contributed by atoms with Gasteiger partial charge in [-0.2, -0.15) is 5.10 Å². The second-order valence-electron chi connectivity index (χ2n) is 6.37. The molecule has 0 unspecified atom stereocenters. The Morgan fingerprint density at radius 3 is 2.42 bits per heavy atom. The van der Waals surface area contributed by atoms with Crippen molar-refractivity contribution in [1.82, 2.24) is 15.1 Å². The lowest BCUT2D eigenvalue weighted by Crippen LogP contribution is -2.28. The van der Waals surface area contributed by atoms with Gasteiger partial charge in [-0.05, 0) is 24.3 Å². The Balaban J connectivity index is 0.000000412. The van der Waals surface area contributed by atoms with E-state index in [0.29, 0.717) is 18.8 Å². The molecule has 9 heteroatoms. The number of hydrogen-bond donors (Lipinski definition) is 2. The van der Waals surface area contributed by atoms with Crippen LogP contribution in [0, 0.1) is 5.82 Å². The molecule has 3 rings (SSSR count). The molecule has 164 valence electrons. The Hall–Kier alpha value is -3.23. The third-order valence-corrected chi connectivity index (χ3v) is 4.36. The first-order chi connectivity index (χ1) is 14.9. The summed E-state index contributed by atoms with van der Waals surface area (Å²) in [5.41, 5.74) is 5.90. The number of carbonyl (C=O) groups excluding carboxylic acids is 2. The van der Waals surface area contributed by atoms with Crippen LogP contribution in [-0.2, 0) is 16.1 Å². The fourth-order valence-electron chi connectivity index (χ4n) is 2.65. The van der Waals surface area contributed by atoms with E-state index in [0.717, 1.165) is 5.02 Å². The Labute approximate surface area is 185 Å². The first-order valence-electron chi connectivity index (χ1n) is 9.50. The van der Waals surface area contributed by atoms with Crippen LogP contribution in [0.5, 0.6) is 0 Å². The smallest absolute Gasteiger partial charge is 0.255 e. The van der Waals surface area contributed by atoms with Crippen molar-refractivity contribution in [3.8, 4) is 11.3 Å². The number of nitrogens with one attached hydrogen (secondary N) is 1. The van der Waals surface area contributed by atoms with Crippen molar-refractivity contribution < 1.29 is 18.7 Å². The molecular weight excluding hydrogens is 423 g/mol. The lowest BCUT2D eigenvalue weighted by molar-refractivity contribution is -0.117. The van der Waals surface area contributed by atoms with Crippen LogP contribution in [0.1, 0.15) is 16.8 Å². The maximum absolute atomic E-state index is 14.2. The Morgan fingerprint density at radius 2 is 1.84 bits per heavy atom. The van der Waals surface area contributed by atoms with Crippen LogP contribution in [0.3, 0.4) is 0 Å². The standard InChI is InChI=1S/C16H19FN4O3.C6H5Cl/c1-24-9-8-21-15(11-4-2-3-5-13(11)17)12(10-20-21)16(23)19-7-6-14(18)22;7-6-4-2-1-3-5-6/h2-5,10H,6-9H2,1H3,(H2,18,22)(H,19,23);1-5H. The van der Waals surface area contributed by atoms with Crippen LogP contribution < -0.4 is 11.1 Å². The number of aromatic nitrogens is 2. The van der Waals surface area contributed by atoms with E-state index < -0.39 is 17.6 Å². The van der Waals surface area contributed by atoms with Gasteiger partial charge in [-0.1, -0.05) is 41.9 Å². The van der Waals surface area contributed by atoms with E-state index in [2.05, 4.69) is 10.4 Å². The predicted molar refractivity (Wildman–Crippen MR) is 117 cm³/mol. The molecule has 0 atom stereocenters. The maximum atomic E-state index is 14.2. The zero-order chi connectivity index (χ0) is 22.6. The summed E-state index contributed by atoms with van der Waals surface area (Å²) in [5.74, 6) is -1.42. The van der Waals surface area contributed by atoms with Gasteiger partial charge in [0.2, 0.25) is 5.91 Å². The van der Waals surface area contributed by atoms with Crippen LogP contribution in [0.25, 0.3) is 11.3 Å². The van der Waals surface area contributed by atoms with Crippen molar-refractivity contribution in [3.63, 3.8) is 0 Å². The maximum Gasteiger partial charge on any atom is 0.255 e. The molecule has 0 fully saturated rings. The molecule has 0 aliphatic heterocycles. The molecule has 0 aliphatic carbocycles. The zero-order valence-corrected chi connectivity index (χ0v) is 17.8.